The van der Waals surface area contributed by atoms with E-state index in [0.29, 0.717) is 5.41 Å². The normalized spacial score (nSPS) is 19.2. The second kappa shape index (κ2) is 7.41. The van der Waals surface area contributed by atoms with Crippen molar-refractivity contribution >= 4 is 30.1 Å². The predicted molar refractivity (Wildman–Crippen MR) is 73.2 cm³/mol. The van der Waals surface area contributed by atoms with Crippen LogP contribution < -0.4 is 11.1 Å². The molecule has 0 bridgehead atoms. The topological polar surface area (TPSA) is 55.1 Å². The number of carbonyl (C=O) groups is 1. The monoisotopic (exact) mass is 266 g/mol. The van der Waals surface area contributed by atoms with Gasteiger partial charge < -0.3 is 11.1 Å². The molecule has 3 N–H and O–H groups in total. The van der Waals surface area contributed by atoms with Gasteiger partial charge in [-0.15, -0.1) is 12.4 Å². The zero-order valence-corrected chi connectivity index (χ0v) is 11.8. The number of amides is 1. The van der Waals surface area contributed by atoms with Crippen LogP contribution in [-0.4, -0.2) is 30.5 Å². The van der Waals surface area contributed by atoms with Crippen LogP contribution in [0.25, 0.3) is 0 Å². The third-order valence-corrected chi connectivity index (χ3v) is 3.86. The van der Waals surface area contributed by atoms with Crippen molar-refractivity contribution < 1.29 is 4.79 Å². The van der Waals surface area contributed by atoms with Crippen LogP contribution in [0.3, 0.4) is 0 Å². The molecule has 3 nitrogen and oxygen atoms in total. The van der Waals surface area contributed by atoms with Gasteiger partial charge in [0.1, 0.15) is 0 Å². The van der Waals surface area contributed by atoms with Crippen LogP contribution in [0.2, 0.25) is 0 Å². The summed E-state index contributed by atoms with van der Waals surface area (Å²) in [5.74, 6) is 0.962. The van der Waals surface area contributed by atoms with Crippen molar-refractivity contribution in [2.24, 2.45) is 11.1 Å². The minimum atomic E-state index is -0.332. The van der Waals surface area contributed by atoms with Gasteiger partial charge in [0.2, 0.25) is 5.91 Å². The molecular formula is C11H23ClN2OS. The van der Waals surface area contributed by atoms with E-state index >= 15 is 0 Å². The van der Waals surface area contributed by atoms with Gasteiger partial charge >= 0.3 is 0 Å². The molecule has 1 saturated carbocycles. The first-order chi connectivity index (χ1) is 7.07. The Morgan fingerprint density at radius 2 is 2.19 bits per heavy atom. The third-order valence-electron chi connectivity index (χ3n) is 3.22. The largest absolute Gasteiger partial charge is 0.354 e. The van der Waals surface area contributed by atoms with Crippen LogP contribution in [0, 0.1) is 5.41 Å². The number of carbonyl (C=O) groups excluding carboxylic acids is 1. The first kappa shape index (κ1) is 16.1. The predicted octanol–water partition coefficient (Wildman–Crippen LogP) is 1.79. The van der Waals surface area contributed by atoms with Gasteiger partial charge in [0, 0.05) is 6.54 Å². The summed E-state index contributed by atoms with van der Waals surface area (Å²) >= 11 is 1.73. The fourth-order valence-electron chi connectivity index (χ4n) is 1.76. The summed E-state index contributed by atoms with van der Waals surface area (Å²) in [7, 11) is 0. The van der Waals surface area contributed by atoms with Crippen LogP contribution in [-0.2, 0) is 4.79 Å². The Morgan fingerprint density at radius 3 is 2.62 bits per heavy atom. The highest BCUT2D eigenvalue weighted by Crippen LogP contribution is 2.39. The van der Waals surface area contributed by atoms with E-state index in [4.69, 9.17) is 5.73 Å². The number of thioether (sulfide) groups is 1. The quantitative estimate of drug-likeness (QED) is 0.771. The molecule has 1 aliphatic rings. The Kier molecular flexibility index (Phi) is 7.44. The van der Waals surface area contributed by atoms with E-state index in [1.54, 1.807) is 11.8 Å². The van der Waals surface area contributed by atoms with Gasteiger partial charge in [0.05, 0.1) is 6.04 Å². The Hall–Kier alpha value is 0.0700. The van der Waals surface area contributed by atoms with Crippen molar-refractivity contribution in [1.82, 2.24) is 5.32 Å². The molecule has 0 aromatic rings. The van der Waals surface area contributed by atoms with Gasteiger partial charge in [-0.3, -0.25) is 4.79 Å². The number of hydrogen-bond acceptors (Lipinski definition) is 3. The van der Waals surface area contributed by atoms with E-state index in [9.17, 15) is 4.79 Å². The van der Waals surface area contributed by atoms with Crippen molar-refractivity contribution in [1.29, 1.82) is 0 Å². The molecule has 0 saturated heterocycles. The minimum Gasteiger partial charge on any atom is -0.354 e. The van der Waals surface area contributed by atoms with E-state index in [0.717, 1.165) is 18.7 Å². The number of rotatable bonds is 6. The molecule has 0 spiro atoms. The SMILES string of the molecule is CSCC[C@H](N)C(=O)NCC1(C)CCC1.Cl. The van der Waals surface area contributed by atoms with E-state index < -0.39 is 0 Å². The fraction of sp³-hybridized carbons (Fsp3) is 0.909. The fourth-order valence-corrected chi connectivity index (χ4v) is 2.25. The van der Waals surface area contributed by atoms with Gasteiger partial charge in [-0.1, -0.05) is 13.3 Å². The van der Waals surface area contributed by atoms with Crippen LogP contribution in [0.15, 0.2) is 0 Å². The molecule has 0 aromatic heterocycles. The van der Waals surface area contributed by atoms with Gasteiger partial charge in [0.25, 0.3) is 0 Å². The van der Waals surface area contributed by atoms with Crippen molar-refractivity contribution in [3.05, 3.63) is 0 Å². The Balaban J connectivity index is 0.00000225. The lowest BCUT2D eigenvalue weighted by atomic mass is 9.70. The molecule has 16 heavy (non-hydrogen) atoms. The van der Waals surface area contributed by atoms with Crippen LogP contribution in [0.1, 0.15) is 32.6 Å². The molecule has 1 atom stereocenters. The van der Waals surface area contributed by atoms with E-state index in [-0.39, 0.29) is 24.4 Å². The van der Waals surface area contributed by atoms with Crippen molar-refractivity contribution in [3.8, 4) is 0 Å². The van der Waals surface area contributed by atoms with E-state index in [1.807, 2.05) is 6.26 Å². The summed E-state index contributed by atoms with van der Waals surface area (Å²) < 4.78 is 0. The molecule has 1 amide bonds. The molecule has 1 fully saturated rings. The second-order valence-corrected chi connectivity index (χ2v) is 5.76. The van der Waals surface area contributed by atoms with Gasteiger partial charge in [-0.25, -0.2) is 0 Å². The molecule has 0 aromatic carbocycles. The van der Waals surface area contributed by atoms with Gasteiger partial charge in [-0.2, -0.15) is 11.8 Å². The standard InChI is InChI=1S/C11H22N2OS.ClH/c1-11(5-3-6-11)8-13-10(14)9(12)4-7-15-2;/h9H,3-8,12H2,1-2H3,(H,13,14);1H/t9-;/m0./s1. The van der Waals surface area contributed by atoms with E-state index in [2.05, 4.69) is 12.2 Å². The van der Waals surface area contributed by atoms with E-state index in [1.165, 1.54) is 19.3 Å². The maximum Gasteiger partial charge on any atom is 0.236 e. The molecular weight excluding hydrogens is 244 g/mol. The number of nitrogens with one attached hydrogen (secondary N) is 1. The maximum absolute atomic E-state index is 11.6. The number of nitrogens with two attached hydrogens (primary N) is 1. The third kappa shape index (κ3) is 4.93. The number of hydrogen-bond donors (Lipinski definition) is 2. The lowest BCUT2D eigenvalue weighted by Crippen LogP contribution is -2.46. The summed E-state index contributed by atoms with van der Waals surface area (Å²) in [5.41, 5.74) is 6.11. The van der Waals surface area contributed by atoms with Crippen LogP contribution in [0.4, 0.5) is 0 Å². The maximum atomic E-state index is 11.6. The summed E-state index contributed by atoms with van der Waals surface area (Å²) in [5, 5.41) is 2.96. The van der Waals surface area contributed by atoms with Gasteiger partial charge in [0.15, 0.2) is 0 Å². The highest BCUT2D eigenvalue weighted by molar-refractivity contribution is 7.98. The lowest BCUT2D eigenvalue weighted by Gasteiger charge is -2.38. The highest BCUT2D eigenvalue weighted by atomic mass is 35.5. The molecule has 1 rings (SSSR count). The zero-order chi connectivity index (χ0) is 11.3. The Bertz CT molecular complexity index is 222. The molecule has 5 heteroatoms. The molecule has 96 valence electrons. The number of halogens is 1. The lowest BCUT2D eigenvalue weighted by molar-refractivity contribution is -0.123. The minimum absolute atomic E-state index is 0. The summed E-state index contributed by atoms with van der Waals surface area (Å²) in [6.45, 7) is 3.02. The molecule has 0 unspecified atom stereocenters. The first-order valence-electron chi connectivity index (χ1n) is 5.60. The molecule has 1 aliphatic carbocycles. The van der Waals surface area contributed by atoms with Crippen molar-refractivity contribution in [2.75, 3.05) is 18.6 Å². The van der Waals surface area contributed by atoms with Crippen molar-refractivity contribution in [3.63, 3.8) is 0 Å². The first-order valence-corrected chi connectivity index (χ1v) is 6.99. The van der Waals surface area contributed by atoms with Crippen molar-refractivity contribution in [2.45, 2.75) is 38.6 Å². The highest BCUT2D eigenvalue weighted by Gasteiger charge is 2.32. The Morgan fingerprint density at radius 1 is 1.56 bits per heavy atom. The molecule has 0 aliphatic heterocycles. The average molecular weight is 267 g/mol. The van der Waals surface area contributed by atoms with Gasteiger partial charge in [-0.05, 0) is 36.7 Å². The Labute approximate surface area is 109 Å². The summed E-state index contributed by atoms with van der Waals surface area (Å²) in [6.07, 6.45) is 6.55. The second-order valence-electron chi connectivity index (χ2n) is 4.77. The summed E-state index contributed by atoms with van der Waals surface area (Å²) in [4.78, 5) is 11.6. The average Bonchev–Trinajstić information content (AvgIpc) is 2.19. The smallest absolute Gasteiger partial charge is 0.236 e. The summed E-state index contributed by atoms with van der Waals surface area (Å²) in [6, 6.07) is -0.332. The van der Waals surface area contributed by atoms with Crippen LogP contribution in [0.5, 0.6) is 0 Å². The van der Waals surface area contributed by atoms with Crippen LogP contribution >= 0.6 is 24.2 Å². The molecule has 0 heterocycles. The zero-order valence-electron chi connectivity index (χ0n) is 10.1. The molecule has 0 radical (unpaired) electrons.